The molecule has 19 nitrogen and oxygen atoms in total. The Bertz CT molecular complexity index is 1990. The van der Waals surface area contributed by atoms with Crippen LogP contribution in [0.25, 0.3) is 0 Å². The molecule has 0 spiro atoms. The Kier molecular flexibility index (Phi) is 65.1. The zero-order chi connectivity index (χ0) is 78.1. The van der Waals surface area contributed by atoms with Crippen LogP contribution in [0.15, 0.2) is 12.2 Å². The lowest BCUT2D eigenvalue weighted by Crippen LogP contribution is -2.66. The molecule has 640 valence electrons. The number of rotatable bonds is 76. The van der Waals surface area contributed by atoms with E-state index in [0.29, 0.717) is 12.8 Å². The average Bonchev–Trinajstić information content (AvgIpc) is 0.774. The normalized spacial score (nSPS) is 25.4. The Morgan fingerprint density at radius 1 is 0.324 bits per heavy atom. The fourth-order valence-corrected chi connectivity index (χ4v) is 16.0. The minimum Gasteiger partial charge on any atom is -0.394 e. The first-order valence-electron chi connectivity index (χ1n) is 45.9. The quantitative estimate of drug-likeness (QED) is 0.0199. The summed E-state index contributed by atoms with van der Waals surface area (Å²) in [6.45, 7) is 1.88. The van der Waals surface area contributed by atoms with Crippen LogP contribution in [0.1, 0.15) is 418 Å². The molecule has 3 heterocycles. The Morgan fingerprint density at radius 2 is 0.583 bits per heavy atom. The second kappa shape index (κ2) is 69.8. The first-order valence-corrected chi connectivity index (χ1v) is 45.9. The van der Waals surface area contributed by atoms with Crippen LogP contribution in [0.2, 0.25) is 0 Å². The van der Waals surface area contributed by atoms with Gasteiger partial charge in [0, 0.05) is 6.42 Å². The number of allylic oxidation sites excluding steroid dienone is 2. The van der Waals surface area contributed by atoms with E-state index in [2.05, 4.69) is 31.3 Å². The van der Waals surface area contributed by atoms with Gasteiger partial charge in [0.15, 0.2) is 18.9 Å². The molecule has 108 heavy (non-hydrogen) atoms. The lowest BCUT2D eigenvalue weighted by atomic mass is 9.96. The maximum Gasteiger partial charge on any atom is 0.220 e. The Labute approximate surface area is 658 Å². The smallest absolute Gasteiger partial charge is 0.220 e. The van der Waals surface area contributed by atoms with Gasteiger partial charge in [-0.15, -0.1) is 0 Å². The predicted octanol–water partition coefficient (Wildman–Crippen LogP) is 17.5. The van der Waals surface area contributed by atoms with Gasteiger partial charge in [0.05, 0.1) is 38.6 Å². The predicted molar refractivity (Wildman–Crippen MR) is 434 cm³/mol. The van der Waals surface area contributed by atoms with Gasteiger partial charge in [0.25, 0.3) is 0 Å². The molecule has 0 radical (unpaired) electrons. The van der Waals surface area contributed by atoms with Crippen LogP contribution < -0.4 is 5.32 Å². The molecule has 0 aromatic rings. The van der Waals surface area contributed by atoms with Crippen molar-refractivity contribution in [3.63, 3.8) is 0 Å². The van der Waals surface area contributed by atoms with E-state index in [-0.39, 0.29) is 18.9 Å². The monoisotopic (exact) mass is 1540 g/mol. The highest BCUT2D eigenvalue weighted by atomic mass is 16.8. The summed E-state index contributed by atoms with van der Waals surface area (Å²) in [5, 5.41) is 121. The van der Waals surface area contributed by atoms with Gasteiger partial charge >= 0.3 is 0 Å². The third-order valence-electron chi connectivity index (χ3n) is 23.3. The number of unbranched alkanes of at least 4 members (excludes halogenated alkanes) is 58. The van der Waals surface area contributed by atoms with Crippen molar-refractivity contribution in [2.24, 2.45) is 0 Å². The number of aliphatic hydroxyl groups excluding tert-OH is 11. The van der Waals surface area contributed by atoms with Crippen molar-refractivity contribution >= 4 is 5.91 Å². The molecule has 19 heteroatoms. The topological polar surface area (TPSA) is 307 Å². The van der Waals surface area contributed by atoms with Gasteiger partial charge < -0.3 is 89.9 Å². The first-order chi connectivity index (χ1) is 52.8. The highest BCUT2D eigenvalue weighted by Crippen LogP contribution is 2.34. The molecule has 17 atom stereocenters. The molecule has 3 rings (SSSR count). The molecule has 3 fully saturated rings. The molecule has 0 bridgehead atoms. The van der Waals surface area contributed by atoms with Gasteiger partial charge in [-0.3, -0.25) is 4.79 Å². The number of carbonyl (C=O) groups is 1. The number of carbonyl (C=O) groups excluding carboxylic acids is 1. The minimum absolute atomic E-state index is 0.232. The van der Waals surface area contributed by atoms with Crippen LogP contribution in [0.3, 0.4) is 0 Å². The molecule has 12 N–H and O–H groups in total. The Balaban J connectivity index is 1.31. The van der Waals surface area contributed by atoms with Crippen molar-refractivity contribution in [1.82, 2.24) is 5.32 Å². The summed E-state index contributed by atoms with van der Waals surface area (Å²) >= 11 is 0. The van der Waals surface area contributed by atoms with Crippen LogP contribution in [0.4, 0.5) is 0 Å². The SMILES string of the molecule is CCCCCCCCCC/C=C\CCCCCCCCCCCCCCCCCCCCCCCCCC(=O)NC(COC1OC(CO)C(OC2OC(CO)C(OC3OC(CO)C(O)C(O)C3O)C(O)C2O)C(O)C1O)C(O)CCCCCCCCCCCCCCCCCCCCCCCCCCCCCC. The molecule has 17 unspecified atom stereocenters. The fraction of sp³-hybridized carbons (Fsp3) is 0.966. The number of hydrogen-bond acceptors (Lipinski definition) is 18. The van der Waals surface area contributed by atoms with Crippen molar-refractivity contribution < 1.29 is 89.4 Å². The standard InChI is InChI=1S/C89H171NO18/c1-3-5-7-9-11-13-15-17-19-21-23-25-27-29-31-33-34-35-36-37-38-39-41-43-45-47-49-51-53-55-57-59-61-63-65-67-77(95)90-72(73(94)66-64-62-60-58-56-54-52-50-48-46-44-42-40-32-30-28-26-24-22-20-18-16-14-12-10-8-6-4-2)71-103-87-83(101)80(98)85(75(69-92)105-87)108-89-84(102)81(99)86(76(70-93)106-89)107-88-82(100)79(97)78(96)74(68-91)104-88/h21,23,72-76,78-89,91-94,96-102H,3-20,22,24-71H2,1-2H3,(H,90,95)/b23-21-. The van der Waals surface area contributed by atoms with E-state index in [9.17, 15) is 61.0 Å². The van der Waals surface area contributed by atoms with Crippen molar-refractivity contribution in [1.29, 1.82) is 0 Å². The second-order valence-corrected chi connectivity index (χ2v) is 33.1. The van der Waals surface area contributed by atoms with Crippen molar-refractivity contribution in [3.05, 3.63) is 12.2 Å². The molecule has 3 aliphatic rings. The molecular formula is C89H171NO18. The zero-order valence-electron chi connectivity index (χ0n) is 69.1. The summed E-state index contributed by atoms with van der Waals surface area (Å²) in [7, 11) is 0. The largest absolute Gasteiger partial charge is 0.394 e. The molecule has 0 aliphatic carbocycles. The van der Waals surface area contributed by atoms with E-state index in [1.165, 1.54) is 340 Å². The molecule has 0 aromatic carbocycles. The van der Waals surface area contributed by atoms with Crippen LogP contribution in [0.5, 0.6) is 0 Å². The summed E-state index contributed by atoms with van der Waals surface area (Å²) in [5.74, 6) is -0.232. The van der Waals surface area contributed by atoms with E-state index in [4.69, 9.17) is 28.4 Å². The molecule has 1 amide bonds. The highest BCUT2D eigenvalue weighted by Gasteiger charge is 2.54. The van der Waals surface area contributed by atoms with Crippen LogP contribution in [0, 0.1) is 0 Å². The van der Waals surface area contributed by atoms with Gasteiger partial charge in [0.2, 0.25) is 5.91 Å². The van der Waals surface area contributed by atoms with Gasteiger partial charge in [-0.25, -0.2) is 0 Å². The van der Waals surface area contributed by atoms with Crippen molar-refractivity contribution in [2.75, 3.05) is 26.4 Å². The maximum atomic E-state index is 13.5. The van der Waals surface area contributed by atoms with Crippen LogP contribution in [-0.4, -0.2) is 193 Å². The minimum atomic E-state index is -1.97. The summed E-state index contributed by atoms with van der Waals surface area (Å²) in [5.41, 5.74) is 0. The number of aliphatic hydroxyl groups is 11. The third kappa shape index (κ3) is 48.2. The van der Waals surface area contributed by atoms with Gasteiger partial charge in [-0.05, 0) is 38.5 Å². The summed E-state index contributed by atoms with van der Waals surface area (Å²) < 4.78 is 34.6. The molecule has 0 saturated carbocycles. The van der Waals surface area contributed by atoms with E-state index in [1.54, 1.807) is 0 Å². The lowest BCUT2D eigenvalue weighted by molar-refractivity contribution is -0.379. The summed E-state index contributed by atoms with van der Waals surface area (Å²) in [6, 6.07) is -0.886. The summed E-state index contributed by atoms with van der Waals surface area (Å²) in [6.07, 6.45) is 59.0. The van der Waals surface area contributed by atoms with Gasteiger partial charge in [-0.1, -0.05) is 386 Å². The third-order valence-corrected chi connectivity index (χ3v) is 23.3. The van der Waals surface area contributed by atoms with E-state index >= 15 is 0 Å². The number of ether oxygens (including phenoxy) is 6. The lowest BCUT2D eigenvalue weighted by Gasteiger charge is -2.48. The second-order valence-electron chi connectivity index (χ2n) is 33.1. The molecular weight excluding hydrogens is 1370 g/mol. The molecule has 3 aliphatic heterocycles. The highest BCUT2D eigenvalue weighted by molar-refractivity contribution is 5.76. The Hall–Kier alpha value is -1.47. The molecule has 0 aromatic heterocycles. The van der Waals surface area contributed by atoms with Gasteiger partial charge in [-0.2, -0.15) is 0 Å². The van der Waals surface area contributed by atoms with E-state index in [0.717, 1.165) is 44.9 Å². The maximum absolute atomic E-state index is 13.5. The van der Waals surface area contributed by atoms with E-state index in [1.807, 2.05) is 0 Å². The van der Waals surface area contributed by atoms with Crippen molar-refractivity contribution in [2.45, 2.75) is 523 Å². The van der Waals surface area contributed by atoms with E-state index < -0.39 is 124 Å². The fourth-order valence-electron chi connectivity index (χ4n) is 16.0. The summed E-state index contributed by atoms with van der Waals surface area (Å²) in [4.78, 5) is 13.5. The van der Waals surface area contributed by atoms with Gasteiger partial charge in [0.1, 0.15) is 73.2 Å². The van der Waals surface area contributed by atoms with Crippen LogP contribution in [-0.2, 0) is 33.2 Å². The average molecular weight is 1540 g/mol. The molecule has 3 saturated heterocycles. The number of amides is 1. The van der Waals surface area contributed by atoms with Crippen LogP contribution >= 0.6 is 0 Å². The first kappa shape index (κ1) is 101. The number of hydrogen-bond donors (Lipinski definition) is 12. The zero-order valence-corrected chi connectivity index (χ0v) is 69.1. The Morgan fingerprint density at radius 3 is 0.898 bits per heavy atom. The number of nitrogens with one attached hydrogen (secondary N) is 1. The van der Waals surface area contributed by atoms with Crippen molar-refractivity contribution in [3.8, 4) is 0 Å².